The first-order valence-electron chi connectivity index (χ1n) is 10.1. The average molecular weight is 505 g/mol. The van der Waals surface area contributed by atoms with Crippen molar-refractivity contribution in [3.63, 3.8) is 0 Å². The van der Waals surface area contributed by atoms with Gasteiger partial charge in [0, 0.05) is 6.07 Å². The number of hydrogen-bond donors (Lipinski definition) is 1. The summed E-state index contributed by atoms with van der Waals surface area (Å²) in [4.78, 5) is 26.5. The van der Waals surface area contributed by atoms with Crippen LogP contribution in [0.1, 0.15) is 17.0 Å². The van der Waals surface area contributed by atoms with E-state index in [1.54, 1.807) is 18.2 Å². The Kier molecular flexibility index (Phi) is 7.24. The lowest BCUT2D eigenvalue weighted by Gasteiger charge is -2.36. The minimum atomic E-state index is -5.16. The molecule has 1 aliphatic heterocycles. The molecular weight excluding hydrogens is 486 g/mol. The minimum Gasteiger partial charge on any atom is -0.497 e. The van der Waals surface area contributed by atoms with Gasteiger partial charge in [0.25, 0.3) is 0 Å². The van der Waals surface area contributed by atoms with Crippen LogP contribution in [0.25, 0.3) is 0 Å². The van der Waals surface area contributed by atoms with Crippen LogP contribution in [0.3, 0.4) is 0 Å². The van der Waals surface area contributed by atoms with E-state index in [0.717, 1.165) is 27.4 Å². The van der Waals surface area contributed by atoms with Crippen molar-refractivity contribution in [1.29, 1.82) is 5.26 Å². The molecule has 3 rings (SSSR count). The van der Waals surface area contributed by atoms with Crippen molar-refractivity contribution in [2.75, 3.05) is 26.2 Å². The zero-order chi connectivity index (χ0) is 26.8. The van der Waals surface area contributed by atoms with E-state index in [1.165, 1.54) is 12.1 Å². The number of benzene rings is 2. The standard InChI is InChI=1S/C24H19F4N3O5/c1-34-13-9-15(24(26,27)28)19(25)16(10-13)31-20(23(33)36-3)18(22(32)35-2)17(14(11-29)21(31)30)12-7-5-4-6-8-12/h4-10,17H,30H2,1-3H3. The number of esters is 2. The number of carbonyl (C=O) groups is 2. The normalized spacial score (nSPS) is 15.9. The van der Waals surface area contributed by atoms with Gasteiger partial charge in [-0.15, -0.1) is 0 Å². The summed E-state index contributed by atoms with van der Waals surface area (Å²) in [6.07, 6.45) is -5.16. The van der Waals surface area contributed by atoms with Crippen LogP contribution < -0.4 is 15.4 Å². The molecular formula is C24H19F4N3O5. The van der Waals surface area contributed by atoms with Gasteiger partial charge in [0.1, 0.15) is 17.3 Å². The zero-order valence-electron chi connectivity index (χ0n) is 19.1. The van der Waals surface area contributed by atoms with Crippen molar-refractivity contribution >= 4 is 17.6 Å². The highest BCUT2D eigenvalue weighted by Crippen LogP contribution is 2.46. The molecule has 0 aliphatic carbocycles. The number of anilines is 1. The molecule has 1 unspecified atom stereocenters. The highest BCUT2D eigenvalue weighted by atomic mass is 19.4. The van der Waals surface area contributed by atoms with Crippen molar-refractivity contribution in [3.8, 4) is 11.8 Å². The van der Waals surface area contributed by atoms with E-state index < -0.39 is 63.9 Å². The predicted molar refractivity (Wildman–Crippen MR) is 118 cm³/mol. The molecule has 188 valence electrons. The quantitative estimate of drug-likeness (QED) is 0.483. The van der Waals surface area contributed by atoms with E-state index in [-0.39, 0.29) is 5.57 Å². The number of hydrogen-bond acceptors (Lipinski definition) is 8. The Labute approximate surface area is 202 Å². The van der Waals surface area contributed by atoms with Crippen LogP contribution in [0.2, 0.25) is 0 Å². The van der Waals surface area contributed by atoms with Crippen molar-refractivity contribution in [2.24, 2.45) is 5.73 Å². The number of rotatable bonds is 5. The first-order chi connectivity index (χ1) is 17.0. The summed E-state index contributed by atoms with van der Waals surface area (Å²) in [5.41, 5.74) is 2.35. The molecule has 0 radical (unpaired) electrons. The summed E-state index contributed by atoms with van der Waals surface area (Å²) in [7, 11) is 3.00. The molecule has 1 heterocycles. The largest absolute Gasteiger partial charge is 0.497 e. The maximum Gasteiger partial charge on any atom is 0.419 e. The minimum absolute atomic E-state index is 0.334. The smallest absolute Gasteiger partial charge is 0.419 e. The Hall–Kier alpha value is -4.53. The summed E-state index contributed by atoms with van der Waals surface area (Å²) in [6, 6.07) is 11.0. The van der Waals surface area contributed by atoms with Gasteiger partial charge in [0.2, 0.25) is 0 Å². The zero-order valence-corrected chi connectivity index (χ0v) is 19.1. The Morgan fingerprint density at radius 3 is 2.17 bits per heavy atom. The Morgan fingerprint density at radius 2 is 1.67 bits per heavy atom. The maximum atomic E-state index is 15.4. The molecule has 1 atom stereocenters. The highest BCUT2D eigenvalue weighted by molar-refractivity contribution is 6.06. The van der Waals surface area contributed by atoms with E-state index in [1.807, 2.05) is 6.07 Å². The molecule has 2 aromatic carbocycles. The molecule has 0 saturated heterocycles. The fourth-order valence-corrected chi connectivity index (χ4v) is 3.83. The van der Waals surface area contributed by atoms with Crippen LogP contribution in [0.5, 0.6) is 5.75 Å². The number of halogens is 4. The van der Waals surface area contributed by atoms with Gasteiger partial charge in [-0.2, -0.15) is 18.4 Å². The van der Waals surface area contributed by atoms with Gasteiger partial charge in [-0.05, 0) is 11.6 Å². The summed E-state index contributed by atoms with van der Waals surface area (Å²) < 4.78 is 70.8. The van der Waals surface area contributed by atoms with Gasteiger partial charge >= 0.3 is 18.1 Å². The maximum absolute atomic E-state index is 15.4. The molecule has 0 spiro atoms. The van der Waals surface area contributed by atoms with Crippen LogP contribution in [-0.2, 0) is 25.2 Å². The fraction of sp³-hybridized carbons (Fsp3) is 0.208. The van der Waals surface area contributed by atoms with Crippen LogP contribution in [-0.4, -0.2) is 33.3 Å². The van der Waals surface area contributed by atoms with Crippen LogP contribution in [0.4, 0.5) is 23.2 Å². The fourth-order valence-electron chi connectivity index (χ4n) is 3.83. The lowest BCUT2D eigenvalue weighted by Crippen LogP contribution is -2.41. The van der Waals surface area contributed by atoms with Crippen molar-refractivity contribution in [1.82, 2.24) is 0 Å². The Morgan fingerprint density at radius 1 is 1.06 bits per heavy atom. The Balaban J connectivity index is 2.51. The summed E-state index contributed by atoms with van der Waals surface area (Å²) in [5, 5.41) is 9.96. The molecule has 0 saturated carbocycles. The molecule has 0 fully saturated rings. The number of ether oxygens (including phenoxy) is 3. The number of carbonyl (C=O) groups excluding carboxylic acids is 2. The monoisotopic (exact) mass is 505 g/mol. The van der Waals surface area contributed by atoms with Gasteiger partial charge in [0.15, 0.2) is 5.82 Å². The van der Waals surface area contributed by atoms with Crippen molar-refractivity contribution in [2.45, 2.75) is 12.1 Å². The second kappa shape index (κ2) is 9.99. The number of nitrogens with zero attached hydrogens (tertiary/aromatic N) is 2. The second-order valence-electron chi connectivity index (χ2n) is 7.34. The van der Waals surface area contributed by atoms with Gasteiger partial charge in [-0.25, -0.2) is 14.0 Å². The average Bonchev–Trinajstić information content (AvgIpc) is 2.87. The molecule has 0 bridgehead atoms. The summed E-state index contributed by atoms with van der Waals surface area (Å²) >= 11 is 0. The molecule has 2 N–H and O–H groups in total. The van der Waals surface area contributed by atoms with Gasteiger partial charge in [0.05, 0.1) is 55.7 Å². The third kappa shape index (κ3) is 4.43. The van der Waals surface area contributed by atoms with Crippen molar-refractivity contribution in [3.05, 3.63) is 82.1 Å². The van der Waals surface area contributed by atoms with Gasteiger partial charge in [-0.1, -0.05) is 30.3 Å². The number of allylic oxidation sites excluding steroid dienone is 1. The van der Waals surface area contributed by atoms with Crippen LogP contribution in [0, 0.1) is 17.1 Å². The molecule has 1 aliphatic rings. The summed E-state index contributed by atoms with van der Waals surface area (Å²) in [5.74, 6) is -6.49. The first-order valence-corrected chi connectivity index (χ1v) is 10.1. The highest BCUT2D eigenvalue weighted by Gasteiger charge is 2.45. The van der Waals surface area contributed by atoms with E-state index >= 15 is 4.39 Å². The van der Waals surface area contributed by atoms with Crippen LogP contribution >= 0.6 is 0 Å². The topological polar surface area (TPSA) is 115 Å². The summed E-state index contributed by atoms with van der Waals surface area (Å²) in [6.45, 7) is 0. The predicted octanol–water partition coefficient (Wildman–Crippen LogP) is 3.75. The number of nitriles is 1. The van der Waals surface area contributed by atoms with Crippen molar-refractivity contribution < 1.29 is 41.4 Å². The molecule has 36 heavy (non-hydrogen) atoms. The van der Waals surface area contributed by atoms with Gasteiger partial charge in [-0.3, -0.25) is 4.90 Å². The first kappa shape index (κ1) is 26.1. The van der Waals surface area contributed by atoms with E-state index in [0.29, 0.717) is 16.5 Å². The van der Waals surface area contributed by atoms with Crippen LogP contribution in [0.15, 0.2) is 65.1 Å². The second-order valence-corrected chi connectivity index (χ2v) is 7.34. The lowest BCUT2D eigenvalue weighted by molar-refractivity contribution is -0.140. The number of nitrogens with two attached hydrogens (primary N) is 1. The van der Waals surface area contributed by atoms with E-state index in [9.17, 15) is 28.0 Å². The molecule has 2 aromatic rings. The molecule has 8 nitrogen and oxygen atoms in total. The molecule has 0 aromatic heterocycles. The molecule has 12 heteroatoms. The lowest BCUT2D eigenvalue weighted by atomic mass is 9.81. The third-order valence-corrected chi connectivity index (χ3v) is 5.42. The van der Waals surface area contributed by atoms with E-state index in [2.05, 4.69) is 0 Å². The van der Waals surface area contributed by atoms with Gasteiger partial charge < -0.3 is 19.9 Å². The third-order valence-electron chi connectivity index (χ3n) is 5.42. The SMILES string of the molecule is COC(=O)C1=C(C(=O)OC)N(c2cc(OC)cc(C(F)(F)F)c2F)C(N)=C(C#N)C1c1ccccc1. The molecule has 0 amide bonds. The number of methoxy groups -OCH3 is 3. The van der Waals surface area contributed by atoms with E-state index in [4.69, 9.17) is 19.9 Å². The Bertz CT molecular complexity index is 1310. The number of alkyl halides is 3.